The van der Waals surface area contributed by atoms with Crippen molar-refractivity contribution >= 4 is 11.3 Å². The van der Waals surface area contributed by atoms with Crippen LogP contribution in [0.15, 0.2) is 12.3 Å². The molecule has 0 saturated heterocycles. The van der Waals surface area contributed by atoms with Crippen LogP contribution in [-0.4, -0.2) is 15.5 Å². The van der Waals surface area contributed by atoms with Crippen molar-refractivity contribution in [3.63, 3.8) is 0 Å². The third kappa shape index (κ3) is 3.64. The van der Waals surface area contributed by atoms with Crippen LogP contribution >= 0.6 is 11.3 Å². The quantitative estimate of drug-likeness (QED) is 0.927. The molecule has 2 rings (SSSR count). The molecule has 2 heterocycles. The number of hydrogen-bond donors (Lipinski definition) is 1. The lowest BCUT2D eigenvalue weighted by Crippen LogP contribution is -2.34. The van der Waals surface area contributed by atoms with Gasteiger partial charge in [0.25, 0.3) is 0 Å². The molecule has 4 heteroatoms. The Balaban J connectivity index is 2.26. The molecule has 0 fully saturated rings. The van der Waals surface area contributed by atoms with Gasteiger partial charge in [0, 0.05) is 23.2 Å². The molecule has 0 aliphatic rings. The first-order chi connectivity index (χ1) is 9.26. The first-order valence-electron chi connectivity index (χ1n) is 6.91. The first-order valence-corrected chi connectivity index (χ1v) is 7.73. The summed E-state index contributed by atoms with van der Waals surface area (Å²) in [6.07, 6.45) is 1.91. The van der Waals surface area contributed by atoms with Crippen molar-refractivity contribution in [1.29, 1.82) is 0 Å². The van der Waals surface area contributed by atoms with E-state index < -0.39 is 0 Å². The monoisotopic (exact) mass is 289 g/mol. The molecular weight excluding hydrogens is 266 g/mol. The lowest BCUT2D eigenvalue weighted by molar-refractivity contribution is 0.425. The summed E-state index contributed by atoms with van der Waals surface area (Å²) in [5.41, 5.74) is 4.60. The summed E-state index contributed by atoms with van der Waals surface area (Å²) in [5, 5.41) is 4.54. The van der Waals surface area contributed by atoms with Crippen LogP contribution in [-0.2, 0) is 6.54 Å². The normalized spacial score (nSPS) is 11.9. The van der Waals surface area contributed by atoms with Crippen molar-refractivity contribution in [2.24, 2.45) is 0 Å². The molecule has 0 bridgehead atoms. The maximum absolute atomic E-state index is 4.69. The second-order valence-electron chi connectivity index (χ2n) is 6.31. The maximum atomic E-state index is 4.69. The van der Waals surface area contributed by atoms with E-state index in [0.717, 1.165) is 22.9 Å². The zero-order chi connectivity index (χ0) is 14.9. The fourth-order valence-electron chi connectivity index (χ4n) is 1.98. The Morgan fingerprint density at radius 2 is 1.90 bits per heavy atom. The Kier molecular flexibility index (Phi) is 4.25. The van der Waals surface area contributed by atoms with E-state index >= 15 is 0 Å². The molecule has 108 valence electrons. The highest BCUT2D eigenvalue weighted by molar-refractivity contribution is 7.15. The standard InChI is InChI=1S/C16H23N3S/c1-10-7-11(2)14(17-8-10)15-19-12(3)13(20-15)9-18-16(4,5)6/h7-8,18H,9H2,1-6H3. The van der Waals surface area contributed by atoms with Gasteiger partial charge in [-0.1, -0.05) is 6.07 Å². The number of thiazole rings is 1. The minimum Gasteiger partial charge on any atom is -0.307 e. The highest BCUT2D eigenvalue weighted by Crippen LogP contribution is 2.29. The summed E-state index contributed by atoms with van der Waals surface area (Å²) >= 11 is 1.74. The summed E-state index contributed by atoms with van der Waals surface area (Å²) in [7, 11) is 0. The number of rotatable bonds is 3. The smallest absolute Gasteiger partial charge is 0.142 e. The van der Waals surface area contributed by atoms with Gasteiger partial charge in [0.05, 0.1) is 5.69 Å². The molecule has 2 aromatic heterocycles. The average Bonchev–Trinajstić information content (AvgIpc) is 2.67. The van der Waals surface area contributed by atoms with E-state index in [-0.39, 0.29) is 5.54 Å². The average molecular weight is 289 g/mol. The fourth-order valence-corrected chi connectivity index (χ4v) is 3.04. The second-order valence-corrected chi connectivity index (χ2v) is 7.39. The molecule has 1 N–H and O–H groups in total. The Morgan fingerprint density at radius 3 is 2.50 bits per heavy atom. The van der Waals surface area contributed by atoms with Gasteiger partial charge in [0.15, 0.2) is 0 Å². The topological polar surface area (TPSA) is 37.8 Å². The van der Waals surface area contributed by atoms with E-state index in [1.165, 1.54) is 16.0 Å². The third-order valence-corrected chi connectivity index (χ3v) is 4.25. The van der Waals surface area contributed by atoms with Crippen molar-refractivity contribution in [3.05, 3.63) is 34.0 Å². The molecule has 0 radical (unpaired) electrons. The van der Waals surface area contributed by atoms with Gasteiger partial charge in [0.1, 0.15) is 10.7 Å². The Bertz CT molecular complexity index is 609. The number of nitrogens with zero attached hydrogens (tertiary/aromatic N) is 2. The van der Waals surface area contributed by atoms with E-state index in [1.54, 1.807) is 11.3 Å². The predicted molar refractivity (Wildman–Crippen MR) is 86.1 cm³/mol. The zero-order valence-electron chi connectivity index (χ0n) is 13.2. The van der Waals surface area contributed by atoms with Crippen LogP contribution in [0.4, 0.5) is 0 Å². The summed E-state index contributed by atoms with van der Waals surface area (Å²) in [6.45, 7) is 13.6. The van der Waals surface area contributed by atoms with Crippen LogP contribution in [0.5, 0.6) is 0 Å². The molecule has 2 aromatic rings. The fraction of sp³-hybridized carbons (Fsp3) is 0.500. The Hall–Kier alpha value is -1.26. The molecule has 0 aromatic carbocycles. The minimum absolute atomic E-state index is 0.120. The molecule has 0 saturated carbocycles. The maximum Gasteiger partial charge on any atom is 0.142 e. The molecule has 0 atom stereocenters. The molecule has 0 unspecified atom stereocenters. The van der Waals surface area contributed by atoms with E-state index in [4.69, 9.17) is 0 Å². The van der Waals surface area contributed by atoms with Crippen LogP contribution in [0.2, 0.25) is 0 Å². The highest BCUT2D eigenvalue weighted by atomic mass is 32.1. The summed E-state index contributed by atoms with van der Waals surface area (Å²) in [5.74, 6) is 0. The van der Waals surface area contributed by atoms with Crippen molar-refractivity contribution in [2.75, 3.05) is 0 Å². The van der Waals surface area contributed by atoms with E-state index in [2.05, 4.69) is 62.9 Å². The van der Waals surface area contributed by atoms with Crippen molar-refractivity contribution in [1.82, 2.24) is 15.3 Å². The largest absolute Gasteiger partial charge is 0.307 e. The van der Waals surface area contributed by atoms with Gasteiger partial charge in [-0.25, -0.2) is 4.98 Å². The van der Waals surface area contributed by atoms with E-state index in [1.807, 2.05) is 6.20 Å². The number of nitrogens with one attached hydrogen (secondary N) is 1. The van der Waals surface area contributed by atoms with Crippen molar-refractivity contribution in [2.45, 2.75) is 53.6 Å². The number of aromatic nitrogens is 2. The Morgan fingerprint density at radius 1 is 1.20 bits per heavy atom. The van der Waals surface area contributed by atoms with Gasteiger partial charge < -0.3 is 5.32 Å². The number of hydrogen-bond acceptors (Lipinski definition) is 4. The molecule has 0 aliphatic carbocycles. The van der Waals surface area contributed by atoms with Gasteiger partial charge in [-0.05, 0) is 52.7 Å². The second kappa shape index (κ2) is 5.62. The predicted octanol–water partition coefficient (Wildman–Crippen LogP) is 4.02. The lowest BCUT2D eigenvalue weighted by Gasteiger charge is -2.19. The molecule has 0 amide bonds. The van der Waals surface area contributed by atoms with Gasteiger partial charge in [-0.15, -0.1) is 11.3 Å². The van der Waals surface area contributed by atoms with Crippen LogP contribution < -0.4 is 5.32 Å². The molecule has 0 spiro atoms. The van der Waals surface area contributed by atoms with Crippen molar-refractivity contribution in [3.8, 4) is 10.7 Å². The van der Waals surface area contributed by atoms with Crippen LogP contribution in [0.25, 0.3) is 10.7 Å². The van der Waals surface area contributed by atoms with E-state index in [0.29, 0.717) is 0 Å². The van der Waals surface area contributed by atoms with Crippen LogP contribution in [0, 0.1) is 20.8 Å². The summed E-state index contributed by atoms with van der Waals surface area (Å²) in [4.78, 5) is 10.5. The van der Waals surface area contributed by atoms with Crippen LogP contribution in [0.3, 0.4) is 0 Å². The summed E-state index contributed by atoms with van der Waals surface area (Å²) in [6, 6.07) is 2.16. The zero-order valence-corrected chi connectivity index (χ0v) is 14.0. The SMILES string of the molecule is Cc1cnc(-c2nc(C)c(CNC(C)(C)C)s2)c(C)c1. The molecule has 20 heavy (non-hydrogen) atoms. The molecule has 0 aliphatic heterocycles. The number of aryl methyl sites for hydroxylation is 3. The van der Waals surface area contributed by atoms with Gasteiger partial charge >= 0.3 is 0 Å². The third-order valence-electron chi connectivity index (χ3n) is 3.09. The lowest BCUT2D eigenvalue weighted by atomic mass is 10.1. The number of pyridine rings is 1. The highest BCUT2D eigenvalue weighted by Gasteiger charge is 2.15. The summed E-state index contributed by atoms with van der Waals surface area (Å²) < 4.78 is 0. The minimum atomic E-state index is 0.120. The van der Waals surface area contributed by atoms with Crippen molar-refractivity contribution < 1.29 is 0 Å². The molecular formula is C16H23N3S. The Labute approximate surface area is 125 Å². The molecule has 3 nitrogen and oxygen atoms in total. The van der Waals surface area contributed by atoms with Gasteiger partial charge in [-0.2, -0.15) is 0 Å². The van der Waals surface area contributed by atoms with Crippen LogP contribution in [0.1, 0.15) is 42.5 Å². The van der Waals surface area contributed by atoms with Gasteiger partial charge in [0.2, 0.25) is 0 Å². The first kappa shape index (κ1) is 15.1. The van der Waals surface area contributed by atoms with Gasteiger partial charge in [-0.3, -0.25) is 4.98 Å². The van der Waals surface area contributed by atoms with E-state index in [9.17, 15) is 0 Å².